The zero-order valence-corrected chi connectivity index (χ0v) is 22.0. The van der Waals surface area contributed by atoms with E-state index in [1.54, 1.807) is 0 Å². The van der Waals surface area contributed by atoms with Gasteiger partial charge in [0.25, 0.3) is 0 Å². The van der Waals surface area contributed by atoms with Crippen molar-refractivity contribution in [1.82, 2.24) is 0 Å². The first kappa shape index (κ1) is 29.2. The van der Waals surface area contributed by atoms with Crippen LogP contribution < -0.4 is 0 Å². The van der Waals surface area contributed by atoms with Crippen LogP contribution in [0.1, 0.15) is 42.7 Å². The maximum atomic E-state index is 14.0. The number of carbonyl (C=O) groups excluding carboxylic acids is 3. The van der Waals surface area contributed by atoms with Gasteiger partial charge in [0.15, 0.2) is 52.8 Å². The van der Waals surface area contributed by atoms with Crippen molar-refractivity contribution in [2.45, 2.75) is 30.5 Å². The Balaban J connectivity index is 1.94. The molecule has 0 radical (unpaired) electrons. The highest BCUT2D eigenvalue weighted by Crippen LogP contribution is 2.61. The lowest BCUT2D eigenvalue weighted by Gasteiger charge is -2.39. The van der Waals surface area contributed by atoms with Gasteiger partial charge in [-0.15, -0.1) is 0 Å². The molecule has 45 heavy (non-hydrogen) atoms. The van der Waals surface area contributed by atoms with Crippen LogP contribution in [0.5, 0.6) is 51.7 Å². The predicted octanol–water partition coefficient (Wildman–Crippen LogP) is -0.625. The first-order chi connectivity index (χ1) is 21.1. The van der Waals surface area contributed by atoms with Crippen LogP contribution >= 0.6 is 0 Å². The van der Waals surface area contributed by atoms with E-state index in [2.05, 4.69) is 0 Å². The van der Waals surface area contributed by atoms with E-state index in [4.69, 9.17) is 14.2 Å². The number of esters is 3. The molecule has 0 aromatic heterocycles. The third-order valence-corrected chi connectivity index (χ3v) is 7.84. The van der Waals surface area contributed by atoms with Gasteiger partial charge in [0.1, 0.15) is 12.2 Å². The third-order valence-electron chi connectivity index (χ3n) is 7.84. The summed E-state index contributed by atoms with van der Waals surface area (Å²) in [6.45, 7) is -1.26. The Morgan fingerprint density at radius 2 is 1.02 bits per heavy atom. The minimum Gasteiger partial charge on any atom is -0.504 e. The summed E-state index contributed by atoms with van der Waals surface area (Å²) in [6.07, 6.45) is -11.4. The van der Waals surface area contributed by atoms with Gasteiger partial charge in [0.2, 0.25) is 17.2 Å². The number of ether oxygens (including phenoxy) is 3. The number of aliphatic hydroxyl groups excluding tert-OH is 3. The molecule has 0 unspecified atom stereocenters. The van der Waals surface area contributed by atoms with Gasteiger partial charge in [0, 0.05) is 27.8 Å². The topological polar surface area (TPSA) is 322 Å². The Morgan fingerprint density at radius 3 is 1.62 bits per heavy atom. The van der Waals surface area contributed by atoms with Crippen LogP contribution in [-0.4, -0.2) is 110 Å². The normalized spacial score (nSPS) is 23.4. The monoisotopic (exact) mass is 632 g/mol. The molecule has 3 aromatic carbocycles. The molecule has 4 aliphatic heterocycles. The summed E-state index contributed by atoms with van der Waals surface area (Å²) in [5.74, 6) is -17.7. The van der Waals surface area contributed by atoms with Crippen molar-refractivity contribution < 1.29 is 89.9 Å². The first-order valence-electron chi connectivity index (χ1n) is 12.6. The Morgan fingerprint density at radius 1 is 0.533 bits per heavy atom. The average molecular weight is 632 g/mol. The van der Waals surface area contributed by atoms with Crippen molar-refractivity contribution in [2.24, 2.45) is 0 Å². The minimum absolute atomic E-state index is 0.462. The van der Waals surface area contributed by atoms with Crippen LogP contribution in [-0.2, 0) is 14.2 Å². The SMILES string of the molecule is O=C1O[C@@H](CO)[C@@H](O)[C@H]2OC(=O)c3c(c(O)c(O)c(O)c3-c3c(O)c(O)c(O)c4c3C(=O)O[C@H]2[C@@H]4O)-c2c1cc(O)c(O)c2O. The van der Waals surface area contributed by atoms with E-state index in [9.17, 15) is 75.7 Å². The molecule has 236 valence electrons. The molecule has 6 bridgehead atoms. The second kappa shape index (κ2) is 9.58. The van der Waals surface area contributed by atoms with Crippen molar-refractivity contribution in [1.29, 1.82) is 0 Å². The molecular weight excluding hydrogens is 612 g/mol. The molecule has 0 aliphatic carbocycles. The molecule has 0 spiro atoms. The van der Waals surface area contributed by atoms with Crippen LogP contribution in [0.3, 0.4) is 0 Å². The van der Waals surface area contributed by atoms with Crippen molar-refractivity contribution >= 4 is 17.9 Å². The average Bonchev–Trinajstić information content (AvgIpc) is 3.01. The van der Waals surface area contributed by atoms with Crippen LogP contribution in [0, 0.1) is 0 Å². The second-order valence-electron chi connectivity index (χ2n) is 10.2. The number of aromatic hydroxyl groups is 9. The van der Waals surface area contributed by atoms with Gasteiger partial charge in [-0.05, 0) is 6.07 Å². The highest BCUT2D eigenvalue weighted by molar-refractivity contribution is 6.16. The number of cyclic esters (lactones) is 1. The fourth-order valence-electron chi connectivity index (χ4n) is 5.73. The Bertz CT molecular complexity index is 1880. The van der Waals surface area contributed by atoms with Crippen LogP contribution in [0.2, 0.25) is 0 Å². The van der Waals surface area contributed by atoms with Gasteiger partial charge >= 0.3 is 17.9 Å². The van der Waals surface area contributed by atoms with E-state index >= 15 is 0 Å². The second-order valence-corrected chi connectivity index (χ2v) is 10.2. The van der Waals surface area contributed by atoms with Crippen LogP contribution in [0.25, 0.3) is 22.3 Å². The lowest BCUT2D eigenvalue weighted by Crippen LogP contribution is -2.54. The van der Waals surface area contributed by atoms with Crippen molar-refractivity contribution in [2.75, 3.05) is 6.61 Å². The molecule has 0 amide bonds. The number of aliphatic hydroxyl groups is 3. The lowest BCUT2D eigenvalue weighted by atomic mass is 9.80. The maximum absolute atomic E-state index is 14.0. The number of benzene rings is 3. The first-order valence-corrected chi connectivity index (χ1v) is 12.6. The molecule has 3 aromatic rings. The minimum atomic E-state index is -2.41. The van der Waals surface area contributed by atoms with Crippen LogP contribution in [0.4, 0.5) is 0 Å². The van der Waals surface area contributed by atoms with E-state index in [0.29, 0.717) is 6.07 Å². The molecule has 7 rings (SSSR count). The standard InChI is InChI=1S/C27H20O18/c28-2-5-14(31)23-24-20(37)12-11(27(42)45-24)9(18(35)22(39)19(12)36)8-10(26(41)44-23)7(16(33)21(38)17(8)34)6-3(25(40)43-5)1-4(29)13(30)15(6)32/h1,5,14,20,23-24,28-39H,2H2/t5-,14+,20+,23+,24-/m0/s1. The largest absolute Gasteiger partial charge is 0.504 e. The van der Waals surface area contributed by atoms with E-state index in [1.807, 2.05) is 0 Å². The lowest BCUT2D eigenvalue weighted by molar-refractivity contribution is -0.152. The Kier molecular flexibility index (Phi) is 6.22. The number of phenolic OH excluding ortho intramolecular Hbond substituents is 9. The fraction of sp³-hybridized carbons (Fsp3) is 0.222. The van der Waals surface area contributed by atoms with Crippen molar-refractivity contribution in [3.05, 3.63) is 28.3 Å². The van der Waals surface area contributed by atoms with Gasteiger partial charge in [-0.25, -0.2) is 14.4 Å². The summed E-state index contributed by atoms with van der Waals surface area (Å²) in [4.78, 5) is 40.9. The van der Waals surface area contributed by atoms with E-state index < -0.39 is 151 Å². The van der Waals surface area contributed by atoms with E-state index in [1.165, 1.54) is 0 Å². The zero-order valence-electron chi connectivity index (χ0n) is 22.0. The fourth-order valence-corrected chi connectivity index (χ4v) is 5.73. The summed E-state index contributed by atoms with van der Waals surface area (Å²) in [6, 6.07) is 0.462. The summed E-state index contributed by atoms with van der Waals surface area (Å²) in [5, 5.41) is 129. The maximum Gasteiger partial charge on any atom is 0.340 e. The summed E-state index contributed by atoms with van der Waals surface area (Å²) in [5.41, 5.74) is -8.73. The summed E-state index contributed by atoms with van der Waals surface area (Å²) >= 11 is 0. The van der Waals surface area contributed by atoms with Gasteiger partial charge in [-0.3, -0.25) is 0 Å². The molecule has 0 saturated carbocycles. The number of rotatable bonds is 1. The zero-order chi connectivity index (χ0) is 33.0. The number of carbonyl (C=O) groups is 3. The number of phenols is 9. The van der Waals surface area contributed by atoms with Gasteiger partial charge in [-0.2, -0.15) is 0 Å². The molecule has 5 atom stereocenters. The van der Waals surface area contributed by atoms with Gasteiger partial charge in [-0.1, -0.05) is 0 Å². The predicted molar refractivity (Wildman–Crippen MR) is 138 cm³/mol. The summed E-state index contributed by atoms with van der Waals surface area (Å²) in [7, 11) is 0. The third kappa shape index (κ3) is 3.70. The molecule has 4 aliphatic rings. The molecule has 12 N–H and O–H groups in total. The Labute approximate surface area is 247 Å². The van der Waals surface area contributed by atoms with Crippen molar-refractivity contribution in [3.8, 4) is 74.0 Å². The summed E-state index contributed by atoms with van der Waals surface area (Å²) < 4.78 is 15.7. The quantitative estimate of drug-likeness (QED) is 0.0902. The Hall–Kier alpha value is -5.85. The number of hydrogen-bond acceptors (Lipinski definition) is 18. The van der Waals surface area contributed by atoms with E-state index in [-0.39, 0.29) is 0 Å². The molecular formula is C27H20O18. The molecule has 18 heteroatoms. The number of fused-ring (bicyclic) bond motifs is 3. The smallest absolute Gasteiger partial charge is 0.340 e. The van der Waals surface area contributed by atoms with Crippen molar-refractivity contribution in [3.63, 3.8) is 0 Å². The van der Waals surface area contributed by atoms with Gasteiger partial charge in [0.05, 0.1) is 23.3 Å². The van der Waals surface area contributed by atoms with Gasteiger partial charge < -0.3 is 75.5 Å². The number of hydrogen-bond donors (Lipinski definition) is 12. The van der Waals surface area contributed by atoms with E-state index in [0.717, 1.165) is 0 Å². The van der Waals surface area contributed by atoms with Crippen LogP contribution in [0.15, 0.2) is 6.07 Å². The highest BCUT2D eigenvalue weighted by atomic mass is 16.6. The molecule has 0 saturated heterocycles. The molecule has 4 heterocycles. The molecule has 18 nitrogen and oxygen atoms in total. The molecule has 0 fully saturated rings. The highest BCUT2D eigenvalue weighted by Gasteiger charge is 2.53.